The first-order valence-electron chi connectivity index (χ1n) is 5.50. The number of nitrogens with zero attached hydrogens (tertiary/aromatic N) is 1. The molecule has 2 aliphatic rings. The minimum Gasteiger partial charge on any atom is -0.356 e. The lowest BCUT2D eigenvalue weighted by molar-refractivity contribution is 0.442. The zero-order valence-electron chi connectivity index (χ0n) is 8.72. The Kier molecular flexibility index (Phi) is 2.19. The molecular formula is C12H13ClN2O. The molecule has 0 amide bonds. The van der Waals surface area contributed by atoms with Crippen LogP contribution >= 0.6 is 12.4 Å². The van der Waals surface area contributed by atoms with Gasteiger partial charge in [0.2, 0.25) is 0 Å². The number of fused-ring (bicyclic) bond motifs is 2. The molecule has 84 valence electrons. The fourth-order valence-corrected chi connectivity index (χ4v) is 2.97. The maximum atomic E-state index is 5.35. The molecule has 1 saturated carbocycles. The Balaban J connectivity index is 0.000000810. The summed E-state index contributed by atoms with van der Waals surface area (Å²) in [5.74, 6) is 2.26. The summed E-state index contributed by atoms with van der Waals surface area (Å²) in [5.41, 5.74) is 2.10. The molecule has 1 aromatic heterocycles. The van der Waals surface area contributed by atoms with Crippen molar-refractivity contribution in [2.24, 2.45) is 11.8 Å². The van der Waals surface area contributed by atoms with E-state index in [4.69, 9.17) is 4.52 Å². The predicted molar refractivity (Wildman–Crippen MR) is 63.8 cm³/mol. The standard InChI is InChI=1S/C12H12N2O.ClH/c1-2-4-10-7(3-1)12(14-15-10)11-8-5-13-6-9(8)11;/h1-4,8-9,11,13H,5-6H2;1H/t8-,9+,11?;. The van der Waals surface area contributed by atoms with Crippen molar-refractivity contribution in [1.82, 2.24) is 10.5 Å². The van der Waals surface area contributed by atoms with Gasteiger partial charge in [-0.05, 0) is 37.1 Å². The molecular weight excluding hydrogens is 224 g/mol. The average molecular weight is 237 g/mol. The van der Waals surface area contributed by atoms with E-state index in [-0.39, 0.29) is 12.4 Å². The number of benzene rings is 1. The monoisotopic (exact) mass is 236 g/mol. The van der Waals surface area contributed by atoms with Gasteiger partial charge in [-0.25, -0.2) is 0 Å². The number of para-hydroxylation sites is 1. The quantitative estimate of drug-likeness (QED) is 0.825. The molecule has 1 aliphatic carbocycles. The van der Waals surface area contributed by atoms with Crippen molar-refractivity contribution < 1.29 is 4.52 Å². The second-order valence-electron chi connectivity index (χ2n) is 4.58. The molecule has 1 saturated heterocycles. The molecule has 4 heteroatoms. The Morgan fingerprint density at radius 3 is 2.75 bits per heavy atom. The van der Waals surface area contributed by atoms with Crippen LogP contribution in [0.15, 0.2) is 28.8 Å². The second kappa shape index (κ2) is 3.47. The van der Waals surface area contributed by atoms with Gasteiger partial charge in [0.15, 0.2) is 5.58 Å². The van der Waals surface area contributed by atoms with Crippen molar-refractivity contribution in [2.75, 3.05) is 13.1 Å². The van der Waals surface area contributed by atoms with Crippen molar-refractivity contribution in [3.8, 4) is 0 Å². The molecule has 2 fully saturated rings. The molecule has 1 aromatic carbocycles. The van der Waals surface area contributed by atoms with Crippen LogP contribution in [0.4, 0.5) is 0 Å². The van der Waals surface area contributed by atoms with Crippen molar-refractivity contribution in [3.05, 3.63) is 30.0 Å². The van der Waals surface area contributed by atoms with Gasteiger partial charge in [-0.2, -0.15) is 0 Å². The van der Waals surface area contributed by atoms with E-state index >= 15 is 0 Å². The minimum absolute atomic E-state index is 0. The summed E-state index contributed by atoms with van der Waals surface area (Å²) < 4.78 is 5.35. The molecule has 1 unspecified atom stereocenters. The maximum absolute atomic E-state index is 5.35. The van der Waals surface area contributed by atoms with Gasteiger partial charge in [0.1, 0.15) is 0 Å². The third-order valence-electron chi connectivity index (χ3n) is 3.81. The van der Waals surface area contributed by atoms with E-state index in [1.54, 1.807) is 0 Å². The fourth-order valence-electron chi connectivity index (χ4n) is 2.97. The Morgan fingerprint density at radius 2 is 1.94 bits per heavy atom. The molecule has 0 radical (unpaired) electrons. The normalized spacial score (nSPS) is 31.1. The van der Waals surface area contributed by atoms with Crippen molar-refractivity contribution >= 4 is 23.4 Å². The minimum atomic E-state index is 0. The summed E-state index contributed by atoms with van der Waals surface area (Å²) in [6.07, 6.45) is 0. The molecule has 4 rings (SSSR count). The Morgan fingerprint density at radius 1 is 1.19 bits per heavy atom. The summed E-state index contributed by atoms with van der Waals surface area (Å²) in [6, 6.07) is 8.15. The Bertz CT molecular complexity index is 514. The number of halogens is 1. The number of hydrogen-bond acceptors (Lipinski definition) is 3. The molecule has 16 heavy (non-hydrogen) atoms. The van der Waals surface area contributed by atoms with E-state index in [0.29, 0.717) is 5.92 Å². The highest BCUT2D eigenvalue weighted by atomic mass is 35.5. The number of piperidine rings is 1. The molecule has 0 spiro atoms. The maximum Gasteiger partial charge on any atom is 0.167 e. The van der Waals surface area contributed by atoms with E-state index in [0.717, 1.165) is 30.5 Å². The molecule has 2 heterocycles. The summed E-state index contributed by atoms with van der Waals surface area (Å²) in [4.78, 5) is 0. The van der Waals surface area contributed by atoms with Gasteiger partial charge in [0.25, 0.3) is 0 Å². The largest absolute Gasteiger partial charge is 0.356 e. The zero-order chi connectivity index (χ0) is 9.83. The van der Waals surface area contributed by atoms with Crippen LogP contribution < -0.4 is 5.32 Å². The van der Waals surface area contributed by atoms with Gasteiger partial charge in [-0.3, -0.25) is 0 Å². The van der Waals surface area contributed by atoms with E-state index < -0.39 is 0 Å². The van der Waals surface area contributed by atoms with E-state index in [1.807, 2.05) is 12.1 Å². The number of rotatable bonds is 1. The van der Waals surface area contributed by atoms with E-state index in [9.17, 15) is 0 Å². The third kappa shape index (κ3) is 1.22. The van der Waals surface area contributed by atoms with Gasteiger partial charge < -0.3 is 9.84 Å². The summed E-state index contributed by atoms with van der Waals surface area (Å²) >= 11 is 0. The summed E-state index contributed by atoms with van der Waals surface area (Å²) in [6.45, 7) is 2.30. The summed E-state index contributed by atoms with van der Waals surface area (Å²) in [5, 5.41) is 8.85. The predicted octanol–water partition coefficient (Wildman–Crippen LogP) is 2.18. The highest BCUT2D eigenvalue weighted by Crippen LogP contribution is 2.56. The number of aromatic nitrogens is 1. The van der Waals surface area contributed by atoms with Gasteiger partial charge in [0, 0.05) is 11.3 Å². The zero-order valence-corrected chi connectivity index (χ0v) is 9.54. The molecule has 1 aliphatic heterocycles. The van der Waals surface area contributed by atoms with Crippen LogP contribution in [0, 0.1) is 11.8 Å². The van der Waals surface area contributed by atoms with Crippen molar-refractivity contribution in [3.63, 3.8) is 0 Å². The molecule has 0 bridgehead atoms. The van der Waals surface area contributed by atoms with Gasteiger partial charge >= 0.3 is 0 Å². The van der Waals surface area contributed by atoms with Crippen LogP contribution in [0.5, 0.6) is 0 Å². The van der Waals surface area contributed by atoms with Crippen LogP contribution in [0.1, 0.15) is 11.6 Å². The number of hydrogen-bond donors (Lipinski definition) is 1. The molecule has 3 atom stereocenters. The lowest BCUT2D eigenvalue weighted by Gasteiger charge is -1.99. The molecule has 1 N–H and O–H groups in total. The molecule has 3 nitrogen and oxygen atoms in total. The smallest absolute Gasteiger partial charge is 0.167 e. The van der Waals surface area contributed by atoms with Gasteiger partial charge in [-0.1, -0.05) is 17.3 Å². The highest BCUT2D eigenvalue weighted by Gasteiger charge is 2.55. The van der Waals surface area contributed by atoms with Crippen LogP contribution in [-0.4, -0.2) is 18.2 Å². The Labute approximate surface area is 99.6 Å². The first-order valence-corrected chi connectivity index (χ1v) is 5.50. The van der Waals surface area contributed by atoms with E-state index in [2.05, 4.69) is 22.6 Å². The first kappa shape index (κ1) is 10.1. The van der Waals surface area contributed by atoms with Gasteiger partial charge in [0.05, 0.1) is 5.69 Å². The van der Waals surface area contributed by atoms with Crippen LogP contribution in [0.2, 0.25) is 0 Å². The van der Waals surface area contributed by atoms with Gasteiger partial charge in [-0.15, -0.1) is 12.4 Å². The summed E-state index contributed by atoms with van der Waals surface area (Å²) in [7, 11) is 0. The fraction of sp³-hybridized carbons (Fsp3) is 0.417. The van der Waals surface area contributed by atoms with Crippen LogP contribution in [-0.2, 0) is 0 Å². The highest BCUT2D eigenvalue weighted by molar-refractivity contribution is 5.85. The first-order chi connectivity index (χ1) is 7.45. The second-order valence-corrected chi connectivity index (χ2v) is 4.58. The average Bonchev–Trinajstić information content (AvgIpc) is 2.73. The van der Waals surface area contributed by atoms with Crippen LogP contribution in [0.3, 0.4) is 0 Å². The molecule has 2 aromatic rings. The van der Waals surface area contributed by atoms with E-state index in [1.165, 1.54) is 11.1 Å². The van der Waals surface area contributed by atoms with Crippen molar-refractivity contribution in [2.45, 2.75) is 5.92 Å². The topological polar surface area (TPSA) is 38.1 Å². The Hall–Kier alpha value is -1.06. The lowest BCUT2D eigenvalue weighted by Crippen LogP contribution is -2.14. The SMILES string of the molecule is Cl.c1ccc2c(C3[C@H]4CNC[C@@H]34)noc2c1. The van der Waals surface area contributed by atoms with Crippen molar-refractivity contribution in [1.29, 1.82) is 0 Å². The number of nitrogens with one attached hydrogen (secondary N) is 1. The lowest BCUT2D eigenvalue weighted by atomic mass is 10.1. The van der Waals surface area contributed by atoms with Crippen LogP contribution in [0.25, 0.3) is 11.0 Å². The third-order valence-corrected chi connectivity index (χ3v) is 3.81.